The first-order valence-electron chi connectivity index (χ1n) is 11.4. The van der Waals surface area contributed by atoms with Gasteiger partial charge >= 0.3 is 0 Å². The molecule has 2 nitrogen and oxygen atoms in total. The monoisotopic (exact) mass is 378 g/mol. The lowest BCUT2D eigenvalue weighted by Crippen LogP contribution is -2.54. The lowest BCUT2D eigenvalue weighted by atomic mass is 9.45. The fraction of sp³-hybridized carbons (Fsp3) is 0.654. The molecule has 0 aliphatic heterocycles. The Hall–Kier alpha value is -1.41. The van der Waals surface area contributed by atoms with Crippen molar-refractivity contribution >= 4 is 11.9 Å². The van der Waals surface area contributed by atoms with E-state index >= 15 is 0 Å². The Morgan fingerprint density at radius 1 is 1.00 bits per heavy atom. The summed E-state index contributed by atoms with van der Waals surface area (Å²) in [6.07, 6.45) is 10.9. The van der Waals surface area contributed by atoms with Crippen molar-refractivity contribution in [2.75, 3.05) is 0 Å². The molecule has 0 unspecified atom stereocenters. The number of carbonyl (C=O) groups is 1. The van der Waals surface area contributed by atoms with Crippen LogP contribution in [0.25, 0.3) is 6.08 Å². The summed E-state index contributed by atoms with van der Waals surface area (Å²) in [6.45, 7) is 4.78. The van der Waals surface area contributed by atoms with Crippen molar-refractivity contribution in [3.63, 3.8) is 0 Å². The van der Waals surface area contributed by atoms with Crippen molar-refractivity contribution in [3.8, 4) is 0 Å². The van der Waals surface area contributed by atoms with Crippen molar-refractivity contribution in [2.24, 2.45) is 34.5 Å². The molecule has 5 rings (SSSR count). The Kier molecular flexibility index (Phi) is 4.36. The maximum Gasteiger partial charge on any atom is 0.165 e. The van der Waals surface area contributed by atoms with Crippen molar-refractivity contribution in [2.45, 2.75) is 71.3 Å². The van der Waals surface area contributed by atoms with E-state index < -0.39 is 0 Å². The van der Waals surface area contributed by atoms with E-state index in [1.807, 2.05) is 6.07 Å². The fourth-order valence-electron chi connectivity index (χ4n) is 7.79. The van der Waals surface area contributed by atoms with Gasteiger partial charge in [0, 0.05) is 5.41 Å². The Bertz CT molecular complexity index is 796. The molecule has 2 heteroatoms. The minimum atomic E-state index is -0.154. The van der Waals surface area contributed by atoms with Gasteiger partial charge in [-0.1, -0.05) is 44.2 Å². The van der Waals surface area contributed by atoms with Crippen LogP contribution < -0.4 is 0 Å². The highest BCUT2D eigenvalue weighted by molar-refractivity contribution is 6.05. The third kappa shape index (κ3) is 2.67. The molecule has 0 heterocycles. The minimum Gasteiger partial charge on any atom is -0.393 e. The summed E-state index contributed by atoms with van der Waals surface area (Å²) in [5, 5.41) is 10.2. The lowest BCUT2D eigenvalue weighted by molar-refractivity contribution is -0.141. The SMILES string of the molecule is C[C@@]12CC[C@@H](O)C[C@@H]1CC[C@H]1[C@H]2CC[C@]2(C)C(=O)/C(=C/c3ccccc3)C[C@H]12. The van der Waals surface area contributed by atoms with Gasteiger partial charge in [0.1, 0.15) is 0 Å². The van der Waals surface area contributed by atoms with Gasteiger partial charge in [-0.15, -0.1) is 0 Å². The molecule has 4 saturated carbocycles. The zero-order chi connectivity index (χ0) is 19.5. The van der Waals surface area contributed by atoms with Crippen LogP contribution >= 0.6 is 0 Å². The summed E-state index contributed by atoms with van der Waals surface area (Å²) in [6, 6.07) is 10.3. The zero-order valence-electron chi connectivity index (χ0n) is 17.4. The summed E-state index contributed by atoms with van der Waals surface area (Å²) in [4.78, 5) is 13.4. The topological polar surface area (TPSA) is 37.3 Å². The summed E-state index contributed by atoms with van der Waals surface area (Å²) in [7, 11) is 0. The molecule has 0 spiro atoms. The standard InChI is InChI=1S/C26H34O2/c1-25-12-10-20(27)16-19(25)8-9-21-22(25)11-13-26(2)23(21)15-18(24(26)28)14-17-6-4-3-5-7-17/h3-7,14,19-23,27H,8-13,15-16H2,1-2H3/b18-14+/t19-,20+,21-,22+,23+,25+,26-/m0/s1. The average molecular weight is 379 g/mol. The van der Waals surface area contributed by atoms with Crippen molar-refractivity contribution in [1.82, 2.24) is 0 Å². The molecule has 4 aliphatic carbocycles. The van der Waals surface area contributed by atoms with Gasteiger partial charge in [0.05, 0.1) is 6.10 Å². The highest BCUT2D eigenvalue weighted by Crippen LogP contribution is 2.66. The number of Topliss-reactive ketones (excluding diaryl/α,β-unsaturated/α-hetero) is 1. The second-order valence-corrected chi connectivity index (χ2v) is 10.7. The Morgan fingerprint density at radius 3 is 2.57 bits per heavy atom. The number of carbonyl (C=O) groups excluding carboxylic acids is 1. The van der Waals surface area contributed by atoms with Crippen LogP contribution in [-0.2, 0) is 4.79 Å². The molecule has 4 aliphatic rings. The van der Waals surface area contributed by atoms with Gasteiger partial charge in [0.15, 0.2) is 5.78 Å². The van der Waals surface area contributed by atoms with Crippen LogP contribution in [0.1, 0.15) is 70.8 Å². The van der Waals surface area contributed by atoms with Gasteiger partial charge in [-0.3, -0.25) is 4.79 Å². The molecule has 1 N–H and O–H groups in total. The normalized spacial score (nSPS) is 46.8. The molecule has 0 aromatic heterocycles. The van der Waals surface area contributed by atoms with E-state index in [-0.39, 0.29) is 11.5 Å². The third-order valence-corrected chi connectivity index (χ3v) is 9.42. The molecule has 150 valence electrons. The first-order chi connectivity index (χ1) is 13.4. The third-order valence-electron chi connectivity index (χ3n) is 9.42. The molecule has 0 saturated heterocycles. The average Bonchev–Trinajstić information content (AvgIpc) is 2.94. The molecule has 28 heavy (non-hydrogen) atoms. The van der Waals surface area contributed by atoms with Gasteiger partial charge in [0.25, 0.3) is 0 Å². The number of ketones is 1. The van der Waals surface area contributed by atoms with E-state index in [9.17, 15) is 9.90 Å². The number of hydrogen-bond acceptors (Lipinski definition) is 2. The second kappa shape index (κ2) is 6.55. The van der Waals surface area contributed by atoms with E-state index in [4.69, 9.17) is 0 Å². The molecule has 0 amide bonds. The molecular weight excluding hydrogens is 344 g/mol. The van der Waals surface area contributed by atoms with Crippen LogP contribution in [0.2, 0.25) is 0 Å². The number of fused-ring (bicyclic) bond motifs is 5. The minimum absolute atomic E-state index is 0.0862. The van der Waals surface area contributed by atoms with Crippen molar-refractivity contribution in [3.05, 3.63) is 41.5 Å². The number of benzene rings is 1. The second-order valence-electron chi connectivity index (χ2n) is 10.7. The first kappa shape index (κ1) is 18.6. The number of hydrogen-bond donors (Lipinski definition) is 1. The van der Waals surface area contributed by atoms with Gasteiger partial charge in [-0.2, -0.15) is 0 Å². The molecule has 0 bridgehead atoms. The predicted octanol–water partition coefficient (Wildman–Crippen LogP) is 5.65. The largest absolute Gasteiger partial charge is 0.393 e. The van der Waals surface area contributed by atoms with Gasteiger partial charge in [-0.05, 0) is 97.7 Å². The van der Waals surface area contributed by atoms with E-state index in [0.717, 1.165) is 42.7 Å². The zero-order valence-corrected chi connectivity index (χ0v) is 17.4. The molecule has 7 atom stereocenters. The van der Waals surface area contributed by atoms with Gasteiger partial charge in [-0.25, -0.2) is 0 Å². The fourth-order valence-corrected chi connectivity index (χ4v) is 7.79. The maximum absolute atomic E-state index is 13.4. The Labute approximate surface area is 169 Å². The summed E-state index contributed by atoms with van der Waals surface area (Å²) in [5.41, 5.74) is 2.43. The predicted molar refractivity (Wildman–Crippen MR) is 113 cm³/mol. The van der Waals surface area contributed by atoms with E-state index in [1.54, 1.807) is 0 Å². The summed E-state index contributed by atoms with van der Waals surface area (Å²) in [5.74, 6) is 3.03. The first-order valence-corrected chi connectivity index (χ1v) is 11.4. The Balaban J connectivity index is 1.45. The van der Waals surface area contributed by atoms with Crippen molar-refractivity contribution < 1.29 is 9.90 Å². The van der Waals surface area contributed by atoms with Crippen LogP contribution in [0.4, 0.5) is 0 Å². The quantitative estimate of drug-likeness (QED) is 0.641. The van der Waals surface area contributed by atoms with E-state index in [0.29, 0.717) is 29.0 Å². The molecule has 4 fully saturated rings. The molecular formula is C26H34O2. The van der Waals surface area contributed by atoms with Crippen LogP contribution in [0.5, 0.6) is 0 Å². The lowest BCUT2D eigenvalue weighted by Gasteiger charge is -2.59. The van der Waals surface area contributed by atoms with Gasteiger partial charge < -0.3 is 5.11 Å². The summed E-state index contributed by atoms with van der Waals surface area (Å²) < 4.78 is 0. The number of rotatable bonds is 1. The van der Waals surface area contributed by atoms with Crippen LogP contribution in [0.3, 0.4) is 0 Å². The highest BCUT2D eigenvalue weighted by Gasteiger charge is 2.61. The molecule has 0 radical (unpaired) electrons. The number of allylic oxidation sites excluding steroid dienone is 1. The van der Waals surface area contributed by atoms with Crippen LogP contribution in [0, 0.1) is 34.5 Å². The van der Waals surface area contributed by atoms with Crippen molar-refractivity contribution in [1.29, 1.82) is 0 Å². The number of aliphatic hydroxyl groups is 1. The van der Waals surface area contributed by atoms with Gasteiger partial charge in [0.2, 0.25) is 0 Å². The molecule has 1 aromatic rings. The summed E-state index contributed by atoms with van der Waals surface area (Å²) >= 11 is 0. The van der Waals surface area contributed by atoms with E-state index in [1.165, 1.54) is 25.7 Å². The van der Waals surface area contributed by atoms with E-state index in [2.05, 4.69) is 44.2 Å². The van der Waals surface area contributed by atoms with Crippen LogP contribution in [-0.4, -0.2) is 17.0 Å². The molecule has 1 aromatic carbocycles. The van der Waals surface area contributed by atoms with Crippen LogP contribution in [0.15, 0.2) is 35.9 Å². The maximum atomic E-state index is 13.4. The Morgan fingerprint density at radius 2 is 1.79 bits per heavy atom. The number of aliphatic hydroxyl groups excluding tert-OH is 1. The smallest absolute Gasteiger partial charge is 0.165 e. The highest BCUT2D eigenvalue weighted by atomic mass is 16.3.